The molecule has 0 aromatic carbocycles. The van der Waals surface area contributed by atoms with Crippen molar-refractivity contribution in [3.05, 3.63) is 30.1 Å². The van der Waals surface area contributed by atoms with Crippen LogP contribution in [0.1, 0.15) is 29.6 Å². The molecular weight excluding hydrogens is 316 g/mol. The van der Waals surface area contributed by atoms with Gasteiger partial charge < -0.3 is 14.5 Å². The number of carbonyl (C=O) groups excluding carboxylic acids is 1. The van der Waals surface area contributed by atoms with Gasteiger partial charge in [0.1, 0.15) is 0 Å². The van der Waals surface area contributed by atoms with Crippen LogP contribution in [-0.2, 0) is 4.74 Å². The lowest BCUT2D eigenvalue weighted by Gasteiger charge is -2.40. The molecular formula is C19H28N4O2. The van der Waals surface area contributed by atoms with Gasteiger partial charge in [-0.15, -0.1) is 0 Å². The van der Waals surface area contributed by atoms with Crippen molar-refractivity contribution in [3.8, 4) is 0 Å². The number of aromatic nitrogens is 1. The van der Waals surface area contributed by atoms with Gasteiger partial charge in [0.15, 0.2) is 0 Å². The van der Waals surface area contributed by atoms with E-state index in [1.54, 1.807) is 24.5 Å². The monoisotopic (exact) mass is 344 g/mol. The Balaban J connectivity index is 1.32. The summed E-state index contributed by atoms with van der Waals surface area (Å²) in [5.74, 6) is 0.117. The molecule has 3 aliphatic heterocycles. The summed E-state index contributed by atoms with van der Waals surface area (Å²) >= 11 is 0. The fraction of sp³-hybridized carbons (Fsp3) is 0.684. The Morgan fingerprint density at radius 1 is 1.12 bits per heavy atom. The molecule has 1 amide bonds. The molecule has 3 saturated heterocycles. The quantitative estimate of drug-likeness (QED) is 0.804. The minimum Gasteiger partial charge on any atom is -0.373 e. The molecule has 0 saturated carbocycles. The molecule has 3 aliphatic rings. The van der Waals surface area contributed by atoms with Gasteiger partial charge in [0.25, 0.3) is 5.91 Å². The number of nitrogens with zero attached hydrogens (tertiary/aromatic N) is 4. The largest absolute Gasteiger partial charge is 0.373 e. The molecule has 1 atom stereocenters. The van der Waals surface area contributed by atoms with Crippen LogP contribution in [0.2, 0.25) is 0 Å². The van der Waals surface area contributed by atoms with Crippen LogP contribution in [-0.4, -0.2) is 90.2 Å². The Hall–Kier alpha value is -1.50. The number of amides is 1. The van der Waals surface area contributed by atoms with E-state index in [4.69, 9.17) is 4.74 Å². The lowest BCUT2D eigenvalue weighted by Crippen LogP contribution is -2.50. The zero-order chi connectivity index (χ0) is 17.3. The number of likely N-dealkylation sites (tertiary alicyclic amines) is 1. The smallest absolute Gasteiger partial charge is 0.253 e. The molecule has 1 unspecified atom stereocenters. The first-order valence-electron chi connectivity index (χ1n) is 9.41. The molecule has 1 aromatic heterocycles. The average molecular weight is 344 g/mol. The second-order valence-electron chi connectivity index (χ2n) is 7.72. The fourth-order valence-electron chi connectivity index (χ4n) is 4.38. The Bertz CT molecular complexity index is 593. The summed E-state index contributed by atoms with van der Waals surface area (Å²) in [7, 11) is 2.19. The molecule has 0 bridgehead atoms. The van der Waals surface area contributed by atoms with E-state index in [1.165, 1.54) is 0 Å². The van der Waals surface area contributed by atoms with Crippen LogP contribution in [0.5, 0.6) is 0 Å². The predicted octanol–water partition coefficient (Wildman–Crippen LogP) is 1.09. The van der Waals surface area contributed by atoms with Gasteiger partial charge in [-0.2, -0.15) is 0 Å². The van der Waals surface area contributed by atoms with Crippen LogP contribution in [0.3, 0.4) is 0 Å². The number of ether oxygens (including phenoxy) is 1. The van der Waals surface area contributed by atoms with Gasteiger partial charge in [-0.25, -0.2) is 0 Å². The Morgan fingerprint density at radius 2 is 1.80 bits per heavy atom. The van der Waals surface area contributed by atoms with E-state index < -0.39 is 0 Å². The maximum Gasteiger partial charge on any atom is 0.253 e. The number of hydrogen-bond donors (Lipinski definition) is 0. The minimum absolute atomic E-state index is 0.0109. The number of carbonyl (C=O) groups is 1. The first-order valence-corrected chi connectivity index (χ1v) is 9.41. The average Bonchev–Trinajstić information content (AvgIpc) is 3.07. The third-order valence-corrected chi connectivity index (χ3v) is 6.13. The highest BCUT2D eigenvalue weighted by Gasteiger charge is 2.45. The van der Waals surface area contributed by atoms with Crippen LogP contribution in [0.4, 0.5) is 0 Å². The van der Waals surface area contributed by atoms with Crippen molar-refractivity contribution < 1.29 is 9.53 Å². The Morgan fingerprint density at radius 3 is 2.48 bits per heavy atom. The lowest BCUT2D eigenvalue weighted by atomic mass is 9.86. The molecule has 3 fully saturated rings. The summed E-state index contributed by atoms with van der Waals surface area (Å²) in [5.41, 5.74) is 0.719. The van der Waals surface area contributed by atoms with Crippen molar-refractivity contribution in [2.24, 2.45) is 0 Å². The molecule has 0 N–H and O–H groups in total. The van der Waals surface area contributed by atoms with Crippen LogP contribution < -0.4 is 0 Å². The highest BCUT2D eigenvalue weighted by Crippen LogP contribution is 2.38. The van der Waals surface area contributed by atoms with Gasteiger partial charge in [-0.3, -0.25) is 14.7 Å². The molecule has 4 heterocycles. The summed E-state index contributed by atoms with van der Waals surface area (Å²) in [4.78, 5) is 23.5. The van der Waals surface area contributed by atoms with Crippen molar-refractivity contribution in [1.29, 1.82) is 0 Å². The van der Waals surface area contributed by atoms with Crippen molar-refractivity contribution in [2.45, 2.75) is 30.9 Å². The zero-order valence-corrected chi connectivity index (χ0v) is 15.1. The van der Waals surface area contributed by atoms with Crippen LogP contribution in [0.15, 0.2) is 24.5 Å². The molecule has 1 aromatic rings. The minimum atomic E-state index is -0.0109. The molecule has 0 radical (unpaired) electrons. The van der Waals surface area contributed by atoms with Crippen molar-refractivity contribution in [3.63, 3.8) is 0 Å². The number of pyridine rings is 1. The van der Waals surface area contributed by atoms with E-state index in [0.717, 1.165) is 70.7 Å². The van der Waals surface area contributed by atoms with Gasteiger partial charge in [-0.05, 0) is 38.4 Å². The fourth-order valence-corrected chi connectivity index (χ4v) is 4.38. The van der Waals surface area contributed by atoms with Gasteiger partial charge in [0.05, 0.1) is 12.2 Å². The normalized spacial score (nSPS) is 27.7. The SMILES string of the molecule is CN1CCN(C2COC3(CCN(C(=O)c4ccncc4)CC3)C2)CC1. The Labute approximate surface area is 149 Å². The molecule has 136 valence electrons. The Kier molecular flexibility index (Phi) is 4.75. The highest BCUT2D eigenvalue weighted by atomic mass is 16.5. The van der Waals surface area contributed by atoms with Gasteiger partial charge in [0.2, 0.25) is 0 Å². The van der Waals surface area contributed by atoms with Crippen LogP contribution in [0.25, 0.3) is 0 Å². The first kappa shape index (κ1) is 16.9. The van der Waals surface area contributed by atoms with Crippen molar-refractivity contribution in [2.75, 3.05) is 52.9 Å². The molecule has 0 aliphatic carbocycles. The summed E-state index contributed by atoms with van der Waals surface area (Å²) in [6.45, 7) is 7.02. The van der Waals surface area contributed by atoms with Crippen molar-refractivity contribution >= 4 is 5.91 Å². The van der Waals surface area contributed by atoms with E-state index in [2.05, 4.69) is 21.8 Å². The standard InChI is InChI=1S/C19H28N4O2/c1-21-10-12-22(13-11-21)17-14-19(25-15-17)4-8-23(9-5-19)18(24)16-2-6-20-7-3-16/h2-3,6-7,17H,4-5,8-15H2,1H3. The highest BCUT2D eigenvalue weighted by molar-refractivity contribution is 5.94. The van der Waals surface area contributed by atoms with E-state index >= 15 is 0 Å². The number of piperazine rings is 1. The number of piperidine rings is 1. The van der Waals surface area contributed by atoms with Gasteiger partial charge in [0, 0.05) is 63.3 Å². The van der Waals surface area contributed by atoms with Crippen LogP contribution in [0, 0.1) is 0 Å². The van der Waals surface area contributed by atoms with Crippen molar-refractivity contribution in [1.82, 2.24) is 19.7 Å². The summed E-state index contributed by atoms with van der Waals surface area (Å²) in [5, 5.41) is 0. The maximum atomic E-state index is 12.6. The maximum absolute atomic E-state index is 12.6. The van der Waals surface area contributed by atoms with Crippen LogP contribution >= 0.6 is 0 Å². The predicted molar refractivity (Wildman–Crippen MR) is 95.5 cm³/mol. The zero-order valence-electron chi connectivity index (χ0n) is 15.1. The lowest BCUT2D eigenvalue weighted by molar-refractivity contribution is -0.0395. The first-order chi connectivity index (χ1) is 12.2. The molecule has 6 nitrogen and oxygen atoms in total. The van der Waals surface area contributed by atoms with Gasteiger partial charge >= 0.3 is 0 Å². The third kappa shape index (κ3) is 3.57. The number of rotatable bonds is 2. The van der Waals surface area contributed by atoms with E-state index in [-0.39, 0.29) is 11.5 Å². The van der Waals surface area contributed by atoms with E-state index in [1.807, 2.05) is 4.90 Å². The summed E-state index contributed by atoms with van der Waals surface area (Å²) in [6, 6.07) is 4.14. The topological polar surface area (TPSA) is 48.9 Å². The van der Waals surface area contributed by atoms with E-state index in [0.29, 0.717) is 6.04 Å². The second kappa shape index (κ2) is 7.02. The molecule has 1 spiro atoms. The van der Waals surface area contributed by atoms with Gasteiger partial charge in [-0.1, -0.05) is 0 Å². The third-order valence-electron chi connectivity index (χ3n) is 6.13. The second-order valence-corrected chi connectivity index (χ2v) is 7.72. The number of likely N-dealkylation sites (N-methyl/N-ethyl adjacent to an activating group) is 1. The number of hydrogen-bond acceptors (Lipinski definition) is 5. The summed E-state index contributed by atoms with van der Waals surface area (Å²) < 4.78 is 6.30. The van der Waals surface area contributed by atoms with E-state index in [9.17, 15) is 4.79 Å². The molecule has 6 heteroatoms. The summed E-state index contributed by atoms with van der Waals surface area (Å²) in [6.07, 6.45) is 6.38. The molecule has 25 heavy (non-hydrogen) atoms. The molecule has 4 rings (SSSR count).